The van der Waals surface area contributed by atoms with E-state index in [1.165, 1.54) is 27.8 Å². The second kappa shape index (κ2) is 14.6. The van der Waals surface area contributed by atoms with E-state index in [4.69, 9.17) is 4.42 Å². The molecule has 2 N–H and O–H groups in total. The minimum atomic E-state index is -0.207. The van der Waals surface area contributed by atoms with Crippen molar-refractivity contribution in [2.45, 2.75) is 12.2 Å². The Morgan fingerprint density at radius 2 is 0.946 bits per heavy atom. The Balaban J connectivity index is 1.14. The Labute approximate surface area is 327 Å². The Hall–Kier alpha value is -7.14. The summed E-state index contributed by atoms with van der Waals surface area (Å²) < 4.78 is 6.94. The third-order valence-corrected chi connectivity index (χ3v) is 10.8. The molecule has 8 aromatic carbocycles. The molecule has 1 aliphatic heterocycles. The van der Waals surface area contributed by atoms with Crippen LogP contribution in [-0.4, -0.2) is 0 Å². The molecule has 0 bridgehead atoms. The summed E-state index contributed by atoms with van der Waals surface area (Å²) in [6.45, 7) is 0. The first kappa shape index (κ1) is 33.4. The van der Waals surface area contributed by atoms with Crippen molar-refractivity contribution >= 4 is 44.7 Å². The topological polar surface area (TPSA) is 40.4 Å². The monoisotopic (exact) mass is 721 g/mol. The number of hydrogen-bond acceptors (Lipinski definition) is 4. The minimum absolute atomic E-state index is 0.00620. The number of furan rings is 1. The maximum atomic E-state index is 6.94. The number of nitrogens with one attached hydrogen (secondary N) is 2. The highest BCUT2D eigenvalue weighted by Crippen LogP contribution is 2.46. The molecule has 4 nitrogen and oxygen atoms in total. The van der Waals surface area contributed by atoms with Gasteiger partial charge in [0.1, 0.15) is 11.7 Å². The highest BCUT2D eigenvalue weighted by Gasteiger charge is 2.29. The summed E-state index contributed by atoms with van der Waals surface area (Å²) in [5, 5.41) is 9.99. The van der Waals surface area contributed by atoms with Crippen LogP contribution in [0.15, 0.2) is 217 Å². The molecular weight excluding hydrogens is 683 g/mol. The van der Waals surface area contributed by atoms with E-state index in [9.17, 15) is 0 Å². The zero-order chi connectivity index (χ0) is 37.3. The quantitative estimate of drug-likeness (QED) is 0.164. The van der Waals surface area contributed by atoms with Gasteiger partial charge in [0.25, 0.3) is 0 Å². The Kier molecular flexibility index (Phi) is 8.71. The molecule has 2 heterocycles. The second-order valence-corrected chi connectivity index (χ2v) is 14.2. The number of para-hydroxylation sites is 1. The zero-order valence-corrected chi connectivity index (χ0v) is 30.7. The van der Waals surface area contributed by atoms with Gasteiger partial charge >= 0.3 is 0 Å². The Morgan fingerprint density at radius 1 is 0.446 bits per heavy atom. The molecule has 2 unspecified atom stereocenters. The Bertz CT molecular complexity index is 2690. The van der Waals surface area contributed by atoms with Crippen LogP contribution in [0.25, 0.3) is 49.9 Å². The molecular formula is C52H39N3O. The average molecular weight is 722 g/mol. The minimum Gasteiger partial charge on any atom is -0.454 e. The van der Waals surface area contributed by atoms with Crippen LogP contribution in [0.5, 0.6) is 0 Å². The first-order valence-electron chi connectivity index (χ1n) is 19.2. The molecule has 2 atom stereocenters. The number of anilines is 3. The summed E-state index contributed by atoms with van der Waals surface area (Å²) in [5.74, 6) is 0. The van der Waals surface area contributed by atoms with Crippen molar-refractivity contribution in [3.63, 3.8) is 0 Å². The van der Waals surface area contributed by atoms with Gasteiger partial charge in [-0.3, -0.25) is 5.32 Å². The third kappa shape index (κ3) is 6.32. The highest BCUT2D eigenvalue weighted by molar-refractivity contribution is 6.12. The fourth-order valence-corrected chi connectivity index (χ4v) is 8.01. The van der Waals surface area contributed by atoms with Crippen LogP contribution in [0.3, 0.4) is 0 Å². The van der Waals surface area contributed by atoms with Crippen molar-refractivity contribution < 1.29 is 4.42 Å². The van der Waals surface area contributed by atoms with Crippen molar-refractivity contribution in [3.05, 3.63) is 229 Å². The predicted molar refractivity (Wildman–Crippen MR) is 232 cm³/mol. The molecule has 0 saturated carbocycles. The van der Waals surface area contributed by atoms with Crippen molar-refractivity contribution in [2.75, 3.05) is 4.90 Å². The smallest absolute Gasteiger partial charge is 0.159 e. The van der Waals surface area contributed by atoms with Gasteiger partial charge in [-0.15, -0.1) is 0 Å². The van der Waals surface area contributed by atoms with Crippen LogP contribution < -0.4 is 15.5 Å². The van der Waals surface area contributed by atoms with E-state index < -0.39 is 0 Å². The summed E-state index contributed by atoms with van der Waals surface area (Å²) in [4.78, 5) is 2.32. The van der Waals surface area contributed by atoms with Gasteiger partial charge in [-0.2, -0.15) is 0 Å². The first-order chi connectivity index (χ1) is 27.8. The van der Waals surface area contributed by atoms with Gasteiger partial charge in [-0.25, -0.2) is 0 Å². The van der Waals surface area contributed by atoms with Crippen LogP contribution in [0.4, 0.5) is 17.1 Å². The predicted octanol–water partition coefficient (Wildman–Crippen LogP) is 13.4. The summed E-state index contributed by atoms with van der Waals surface area (Å²) in [7, 11) is 0. The number of fused-ring (bicyclic) bond motifs is 3. The molecule has 0 aliphatic carbocycles. The van der Waals surface area contributed by atoms with Crippen LogP contribution >= 0.6 is 0 Å². The van der Waals surface area contributed by atoms with E-state index >= 15 is 0 Å². The molecule has 4 heteroatoms. The molecule has 0 amide bonds. The second-order valence-electron chi connectivity index (χ2n) is 14.2. The van der Waals surface area contributed by atoms with E-state index in [0.717, 1.165) is 55.8 Å². The maximum absolute atomic E-state index is 6.94. The van der Waals surface area contributed by atoms with Gasteiger partial charge in [0, 0.05) is 33.4 Å². The van der Waals surface area contributed by atoms with E-state index in [1.807, 2.05) is 6.07 Å². The maximum Gasteiger partial charge on any atom is 0.159 e. The van der Waals surface area contributed by atoms with E-state index in [2.05, 4.69) is 222 Å². The summed E-state index contributed by atoms with van der Waals surface area (Å²) in [5.41, 5.74) is 14.0. The lowest BCUT2D eigenvalue weighted by Crippen LogP contribution is -2.39. The summed E-state index contributed by atoms with van der Waals surface area (Å²) in [6, 6.07) is 72.8. The lowest BCUT2D eigenvalue weighted by atomic mass is 9.96. The molecule has 268 valence electrons. The standard InChI is InChI=1S/C52H39N3O/c1-5-15-36(16-6-1)38-25-29-42(30-26-38)55(43-31-27-39(28-32-43)37-17-7-2-8-18-37)48-34-33-45(50-44-23-13-14-24-49(44)56-51(48)50)52-53-46(40-19-9-3-10-20-40)35-47(54-52)41-21-11-4-12-22-41/h1-35,46,52-54H. The summed E-state index contributed by atoms with van der Waals surface area (Å²) >= 11 is 0. The van der Waals surface area contributed by atoms with Crippen LogP contribution in [0, 0.1) is 0 Å². The van der Waals surface area contributed by atoms with Crippen LogP contribution in [0.1, 0.15) is 28.9 Å². The van der Waals surface area contributed by atoms with Crippen LogP contribution in [0.2, 0.25) is 0 Å². The first-order valence-corrected chi connectivity index (χ1v) is 19.2. The third-order valence-electron chi connectivity index (χ3n) is 10.8. The van der Waals surface area contributed by atoms with Crippen molar-refractivity contribution in [1.29, 1.82) is 0 Å². The molecule has 1 aliphatic rings. The normalized spacial score (nSPS) is 15.3. The van der Waals surface area contributed by atoms with E-state index in [0.29, 0.717) is 0 Å². The van der Waals surface area contributed by atoms with Crippen LogP contribution in [-0.2, 0) is 0 Å². The fraction of sp³-hybridized carbons (Fsp3) is 0.0385. The van der Waals surface area contributed by atoms with E-state index in [-0.39, 0.29) is 12.2 Å². The Morgan fingerprint density at radius 3 is 1.54 bits per heavy atom. The molecule has 1 aromatic heterocycles. The van der Waals surface area contributed by atoms with Gasteiger partial charge in [-0.05, 0) is 75.9 Å². The van der Waals surface area contributed by atoms with Crippen molar-refractivity contribution in [1.82, 2.24) is 10.6 Å². The van der Waals surface area contributed by atoms with Crippen molar-refractivity contribution in [2.24, 2.45) is 0 Å². The lowest BCUT2D eigenvalue weighted by molar-refractivity contribution is 0.445. The van der Waals surface area contributed by atoms with Gasteiger partial charge in [-0.1, -0.05) is 170 Å². The molecule has 0 radical (unpaired) electrons. The lowest BCUT2D eigenvalue weighted by Gasteiger charge is -2.34. The molecule has 9 aromatic rings. The van der Waals surface area contributed by atoms with Gasteiger partial charge < -0.3 is 14.6 Å². The van der Waals surface area contributed by atoms with Crippen molar-refractivity contribution in [3.8, 4) is 22.3 Å². The number of nitrogens with zero attached hydrogens (tertiary/aromatic N) is 1. The van der Waals surface area contributed by atoms with E-state index in [1.54, 1.807) is 0 Å². The number of benzene rings is 8. The zero-order valence-electron chi connectivity index (χ0n) is 30.7. The van der Waals surface area contributed by atoms with Gasteiger partial charge in [0.05, 0.1) is 11.7 Å². The molecule has 0 spiro atoms. The SMILES string of the molecule is C1=C(c2ccccc2)NC(c2ccc(N(c3ccc(-c4ccccc4)cc3)c3ccc(-c4ccccc4)cc3)c3oc4ccccc4c23)NC1c1ccccc1. The summed E-state index contributed by atoms with van der Waals surface area (Å²) in [6.07, 6.45) is 2.09. The van der Waals surface area contributed by atoms with Gasteiger partial charge in [0.15, 0.2) is 5.58 Å². The molecule has 56 heavy (non-hydrogen) atoms. The largest absolute Gasteiger partial charge is 0.454 e. The van der Waals surface area contributed by atoms with Gasteiger partial charge in [0.2, 0.25) is 0 Å². The molecule has 0 fully saturated rings. The molecule has 0 saturated heterocycles. The average Bonchev–Trinajstić information content (AvgIpc) is 3.68. The number of rotatable bonds is 8. The highest BCUT2D eigenvalue weighted by atomic mass is 16.3. The fourth-order valence-electron chi connectivity index (χ4n) is 8.01. The number of hydrogen-bond donors (Lipinski definition) is 2. The molecule has 10 rings (SSSR count).